The highest BCUT2D eigenvalue weighted by molar-refractivity contribution is 7.80. The Labute approximate surface area is 215 Å². The van der Waals surface area contributed by atoms with E-state index in [4.69, 9.17) is 21.7 Å². The van der Waals surface area contributed by atoms with Gasteiger partial charge in [-0.3, -0.25) is 9.69 Å². The average Bonchev–Trinajstić information content (AvgIpc) is 3.33. The Morgan fingerprint density at radius 1 is 0.833 bits per heavy atom. The average molecular weight is 496 g/mol. The third-order valence-corrected chi connectivity index (χ3v) is 6.34. The first-order valence-corrected chi connectivity index (χ1v) is 11.9. The van der Waals surface area contributed by atoms with Crippen molar-refractivity contribution < 1.29 is 14.3 Å². The van der Waals surface area contributed by atoms with E-state index in [9.17, 15) is 4.79 Å². The molecule has 6 nitrogen and oxygen atoms in total. The van der Waals surface area contributed by atoms with Crippen molar-refractivity contribution in [2.24, 2.45) is 0 Å². The second-order valence-corrected chi connectivity index (χ2v) is 8.78. The van der Waals surface area contributed by atoms with E-state index in [1.54, 1.807) is 7.11 Å². The predicted molar refractivity (Wildman–Crippen MR) is 146 cm³/mol. The Kier molecular flexibility index (Phi) is 6.31. The third-order valence-electron chi connectivity index (χ3n) is 6.05. The molecule has 1 aromatic heterocycles. The Balaban J connectivity index is 1.38. The summed E-state index contributed by atoms with van der Waals surface area (Å²) < 4.78 is 13.3. The largest absolute Gasteiger partial charge is 0.497 e. The quantitative estimate of drug-likeness (QED) is 0.257. The summed E-state index contributed by atoms with van der Waals surface area (Å²) >= 11 is 5.43. The minimum atomic E-state index is -0.170. The molecule has 36 heavy (non-hydrogen) atoms. The number of carbonyl (C=O) groups is 1. The van der Waals surface area contributed by atoms with Gasteiger partial charge in [0.25, 0.3) is 5.91 Å². The topological polar surface area (TPSA) is 55.7 Å². The molecule has 0 atom stereocenters. The van der Waals surface area contributed by atoms with Gasteiger partial charge in [0, 0.05) is 17.1 Å². The van der Waals surface area contributed by atoms with Crippen LogP contribution in [0.5, 0.6) is 17.2 Å². The molecule has 7 heteroatoms. The number of carbonyl (C=O) groups excluding carboxylic acids is 1. The first kappa shape index (κ1) is 23.4. The Hall–Kier alpha value is -4.36. The third kappa shape index (κ3) is 4.48. The molecule has 180 valence electrons. The summed E-state index contributed by atoms with van der Waals surface area (Å²) in [5.74, 6) is 2.09. The molecule has 2 heterocycles. The summed E-state index contributed by atoms with van der Waals surface area (Å²) in [4.78, 5) is 14.6. The van der Waals surface area contributed by atoms with Crippen LogP contribution in [0, 0.1) is 13.8 Å². The number of hydrogen-bond acceptors (Lipinski definition) is 4. The number of anilines is 1. The molecule has 4 aromatic rings. The van der Waals surface area contributed by atoms with Gasteiger partial charge in [-0.2, -0.15) is 0 Å². The number of hydrogen-bond donors (Lipinski definition) is 1. The predicted octanol–water partition coefficient (Wildman–Crippen LogP) is 6.16. The second-order valence-electron chi connectivity index (χ2n) is 8.40. The van der Waals surface area contributed by atoms with E-state index in [1.165, 1.54) is 4.90 Å². The standard InChI is InChI=1S/C29H25N3O3S/c1-19-17-21(18-27-28(33)32(29(36)30-27)22-7-5-4-6-8-22)20(2)31(19)23-9-11-25(12-10-23)35-26-15-13-24(34-3)14-16-26/h4-18H,1-3H3,(H,30,36)/b27-18-. The normalized spacial score (nSPS) is 14.3. The summed E-state index contributed by atoms with van der Waals surface area (Å²) in [6, 6.07) is 26.8. The molecule has 1 amide bonds. The van der Waals surface area contributed by atoms with Gasteiger partial charge in [-0.05, 0) is 104 Å². The number of ether oxygens (including phenoxy) is 2. The van der Waals surface area contributed by atoms with Crippen LogP contribution in [0.2, 0.25) is 0 Å². The Morgan fingerprint density at radius 2 is 1.44 bits per heavy atom. The molecule has 0 unspecified atom stereocenters. The molecular formula is C29H25N3O3S. The maximum atomic E-state index is 13.1. The van der Waals surface area contributed by atoms with Crippen molar-refractivity contribution in [3.05, 3.63) is 108 Å². The van der Waals surface area contributed by atoms with E-state index in [1.807, 2.05) is 98.8 Å². The number of rotatable bonds is 6. The van der Waals surface area contributed by atoms with Gasteiger partial charge in [-0.1, -0.05) is 18.2 Å². The summed E-state index contributed by atoms with van der Waals surface area (Å²) in [5, 5.41) is 3.44. The second kappa shape index (κ2) is 9.71. The lowest BCUT2D eigenvalue weighted by atomic mass is 10.2. The van der Waals surface area contributed by atoms with Crippen LogP contribution in [0.3, 0.4) is 0 Å². The number of nitrogens with one attached hydrogen (secondary N) is 1. The van der Waals surface area contributed by atoms with E-state index in [0.717, 1.165) is 45.6 Å². The van der Waals surface area contributed by atoms with E-state index >= 15 is 0 Å². The van der Waals surface area contributed by atoms with Crippen LogP contribution >= 0.6 is 12.2 Å². The van der Waals surface area contributed by atoms with Crippen molar-refractivity contribution >= 4 is 35.0 Å². The summed E-state index contributed by atoms with van der Waals surface area (Å²) in [6.07, 6.45) is 1.86. The molecule has 0 spiro atoms. The zero-order chi connectivity index (χ0) is 25.2. The van der Waals surface area contributed by atoms with Gasteiger partial charge in [0.15, 0.2) is 5.11 Å². The molecule has 0 aliphatic carbocycles. The lowest BCUT2D eigenvalue weighted by Crippen LogP contribution is -2.30. The van der Waals surface area contributed by atoms with Crippen LogP contribution in [0.15, 0.2) is 90.6 Å². The molecule has 1 saturated heterocycles. The van der Waals surface area contributed by atoms with Crippen LogP contribution in [-0.4, -0.2) is 22.7 Å². The highest BCUT2D eigenvalue weighted by Gasteiger charge is 2.32. The van der Waals surface area contributed by atoms with E-state index in [0.29, 0.717) is 10.8 Å². The number of nitrogens with zero attached hydrogens (tertiary/aromatic N) is 2. The molecule has 0 saturated carbocycles. The summed E-state index contributed by atoms with van der Waals surface area (Å²) in [6.45, 7) is 4.08. The molecular weight excluding hydrogens is 470 g/mol. The molecule has 1 fully saturated rings. The fourth-order valence-electron chi connectivity index (χ4n) is 4.28. The maximum Gasteiger partial charge on any atom is 0.281 e. The number of amides is 1. The van der Waals surface area contributed by atoms with Crippen LogP contribution in [0.1, 0.15) is 17.0 Å². The molecule has 0 radical (unpaired) electrons. The number of methoxy groups -OCH3 is 1. The lowest BCUT2D eigenvalue weighted by Gasteiger charge is -2.13. The van der Waals surface area contributed by atoms with Gasteiger partial charge in [0.05, 0.1) is 12.8 Å². The minimum Gasteiger partial charge on any atom is -0.497 e. The van der Waals surface area contributed by atoms with E-state index < -0.39 is 0 Å². The van der Waals surface area contributed by atoms with Gasteiger partial charge in [-0.25, -0.2) is 0 Å². The molecule has 1 aliphatic rings. The van der Waals surface area contributed by atoms with Crippen molar-refractivity contribution in [1.82, 2.24) is 9.88 Å². The van der Waals surface area contributed by atoms with Crippen molar-refractivity contribution in [2.75, 3.05) is 12.0 Å². The molecule has 1 N–H and O–H groups in total. The number of thiocarbonyl (C=S) groups is 1. The van der Waals surface area contributed by atoms with Crippen molar-refractivity contribution in [1.29, 1.82) is 0 Å². The Morgan fingerprint density at radius 3 is 2.08 bits per heavy atom. The molecule has 0 bridgehead atoms. The number of benzene rings is 3. The zero-order valence-corrected chi connectivity index (χ0v) is 21.0. The van der Waals surface area contributed by atoms with Crippen LogP contribution in [0.4, 0.5) is 5.69 Å². The fourth-order valence-corrected chi connectivity index (χ4v) is 4.57. The molecule has 3 aromatic carbocycles. The monoisotopic (exact) mass is 495 g/mol. The van der Waals surface area contributed by atoms with Crippen LogP contribution in [-0.2, 0) is 4.79 Å². The lowest BCUT2D eigenvalue weighted by molar-refractivity contribution is -0.113. The number of aromatic nitrogens is 1. The van der Waals surface area contributed by atoms with Gasteiger partial charge in [0.1, 0.15) is 22.9 Å². The van der Waals surface area contributed by atoms with Gasteiger partial charge in [-0.15, -0.1) is 0 Å². The van der Waals surface area contributed by atoms with E-state index in [-0.39, 0.29) is 5.91 Å². The van der Waals surface area contributed by atoms with Crippen LogP contribution < -0.4 is 19.7 Å². The smallest absolute Gasteiger partial charge is 0.281 e. The van der Waals surface area contributed by atoms with Crippen molar-refractivity contribution in [3.8, 4) is 22.9 Å². The fraction of sp³-hybridized carbons (Fsp3) is 0.103. The number of para-hydroxylation sites is 1. The highest BCUT2D eigenvalue weighted by atomic mass is 32.1. The van der Waals surface area contributed by atoms with Gasteiger partial charge >= 0.3 is 0 Å². The van der Waals surface area contributed by atoms with Gasteiger partial charge < -0.3 is 19.4 Å². The van der Waals surface area contributed by atoms with Gasteiger partial charge in [0.2, 0.25) is 0 Å². The van der Waals surface area contributed by atoms with Crippen molar-refractivity contribution in [2.45, 2.75) is 13.8 Å². The summed E-state index contributed by atoms with van der Waals surface area (Å²) in [7, 11) is 1.64. The van der Waals surface area contributed by atoms with Crippen LogP contribution in [0.25, 0.3) is 11.8 Å². The maximum absolute atomic E-state index is 13.1. The van der Waals surface area contributed by atoms with Crippen molar-refractivity contribution in [3.63, 3.8) is 0 Å². The first-order valence-electron chi connectivity index (χ1n) is 11.5. The van der Waals surface area contributed by atoms with E-state index in [2.05, 4.69) is 16.0 Å². The first-order chi connectivity index (χ1) is 17.4. The number of aryl methyl sites for hydroxylation is 1. The molecule has 5 rings (SSSR count). The summed E-state index contributed by atoms with van der Waals surface area (Å²) in [5.41, 5.74) is 5.21. The zero-order valence-electron chi connectivity index (χ0n) is 20.2. The molecule has 1 aliphatic heterocycles. The SMILES string of the molecule is COc1ccc(Oc2ccc(-n3c(C)cc(/C=C4\NC(=S)N(c5ccccc5)C4=O)c3C)cc2)cc1. The highest BCUT2D eigenvalue weighted by Crippen LogP contribution is 2.28. The minimum absolute atomic E-state index is 0.170. The Bertz CT molecular complexity index is 1460.